The average molecular weight is 440 g/mol. The summed E-state index contributed by atoms with van der Waals surface area (Å²) in [6.07, 6.45) is 9.69. The lowest BCUT2D eigenvalue weighted by Crippen LogP contribution is -2.46. The fourth-order valence-electron chi connectivity index (χ4n) is 5.11. The number of furan rings is 1. The molecule has 0 spiro atoms. The first-order valence-electron chi connectivity index (χ1n) is 11.9. The number of fused-ring (bicyclic) bond motifs is 1. The number of hydrogen-bond donors (Lipinski definition) is 3. The van der Waals surface area contributed by atoms with E-state index in [2.05, 4.69) is 16.2 Å². The number of rotatable bonds is 5. The zero-order valence-corrected chi connectivity index (χ0v) is 18.7. The number of benzene rings is 1. The van der Waals surface area contributed by atoms with E-state index in [1.807, 2.05) is 31.2 Å². The molecule has 2 fully saturated rings. The zero-order valence-electron chi connectivity index (χ0n) is 18.7. The van der Waals surface area contributed by atoms with Crippen LogP contribution in [-0.2, 0) is 9.59 Å². The van der Waals surface area contributed by atoms with Gasteiger partial charge in [0.25, 0.3) is 0 Å². The molecule has 2 aliphatic rings. The number of carbonyl (C=O) groups excluding carboxylic acids is 3. The smallest absolute Gasteiger partial charge is 0.305 e. The summed E-state index contributed by atoms with van der Waals surface area (Å²) in [7, 11) is 0. The second-order valence-corrected chi connectivity index (χ2v) is 9.32. The maximum atomic E-state index is 12.5. The van der Waals surface area contributed by atoms with Crippen LogP contribution in [0.5, 0.6) is 0 Å². The van der Waals surface area contributed by atoms with Crippen molar-refractivity contribution in [3.63, 3.8) is 0 Å². The molecule has 4 rings (SSSR count). The molecule has 3 amide bonds. The van der Waals surface area contributed by atoms with Crippen molar-refractivity contribution in [3.05, 3.63) is 35.6 Å². The average Bonchev–Trinajstić information content (AvgIpc) is 3.15. The fraction of sp³-hybridized carbons (Fsp3) is 0.560. The van der Waals surface area contributed by atoms with E-state index < -0.39 is 5.91 Å². The molecule has 0 bridgehead atoms. The van der Waals surface area contributed by atoms with Crippen LogP contribution in [0.4, 0.5) is 0 Å². The highest BCUT2D eigenvalue weighted by molar-refractivity contribution is 5.99. The van der Waals surface area contributed by atoms with Crippen molar-refractivity contribution in [1.29, 1.82) is 0 Å². The minimum atomic E-state index is -0.462. The summed E-state index contributed by atoms with van der Waals surface area (Å²) in [5.41, 5.74) is 6.42. The van der Waals surface area contributed by atoms with Gasteiger partial charge in [0, 0.05) is 29.3 Å². The fourth-order valence-corrected chi connectivity index (χ4v) is 5.11. The Kier molecular flexibility index (Phi) is 7.12. The Bertz CT molecular complexity index is 969. The molecule has 3 N–H and O–H groups in total. The van der Waals surface area contributed by atoms with Gasteiger partial charge in [0.2, 0.25) is 11.8 Å². The largest absolute Gasteiger partial charge is 0.451 e. The number of carbonyl (C=O) groups is 3. The standard InChI is InChI=1S/C25H33N3O4/c1-16-20-9-5-6-10-21(20)32-23(16)25(31)28-27-24(30)18-11-13-19(14-12-18)26-22(29)15-17-7-3-2-4-8-17/h5-6,9-10,17-19H,2-4,7-8,11-15H2,1H3,(H,26,29)(H,27,30)(H,28,31). The van der Waals surface area contributed by atoms with Gasteiger partial charge in [-0.05, 0) is 57.4 Å². The van der Waals surface area contributed by atoms with E-state index in [1.54, 1.807) is 0 Å². The van der Waals surface area contributed by atoms with E-state index in [1.165, 1.54) is 32.1 Å². The predicted octanol–water partition coefficient (Wildman–Crippen LogP) is 4.15. The highest BCUT2D eigenvalue weighted by Crippen LogP contribution is 2.28. The Balaban J connectivity index is 1.20. The molecular formula is C25H33N3O4. The monoisotopic (exact) mass is 439 g/mol. The Morgan fingerprint density at radius 2 is 1.66 bits per heavy atom. The molecule has 1 heterocycles. The number of aryl methyl sites for hydroxylation is 1. The van der Waals surface area contributed by atoms with E-state index in [0.717, 1.165) is 23.8 Å². The van der Waals surface area contributed by atoms with E-state index >= 15 is 0 Å². The molecule has 7 heteroatoms. The van der Waals surface area contributed by atoms with Crippen molar-refractivity contribution in [2.75, 3.05) is 0 Å². The van der Waals surface area contributed by atoms with Gasteiger partial charge in [-0.25, -0.2) is 0 Å². The number of nitrogens with one attached hydrogen (secondary N) is 3. The van der Waals surface area contributed by atoms with Crippen molar-refractivity contribution >= 4 is 28.7 Å². The molecule has 2 aromatic rings. The van der Waals surface area contributed by atoms with Gasteiger partial charge >= 0.3 is 5.91 Å². The Labute approximate surface area is 188 Å². The first kappa shape index (κ1) is 22.4. The topological polar surface area (TPSA) is 100 Å². The van der Waals surface area contributed by atoms with Crippen LogP contribution in [0.2, 0.25) is 0 Å². The molecule has 32 heavy (non-hydrogen) atoms. The van der Waals surface area contributed by atoms with Gasteiger partial charge < -0.3 is 9.73 Å². The molecule has 172 valence electrons. The first-order valence-corrected chi connectivity index (χ1v) is 11.9. The summed E-state index contributed by atoms with van der Waals surface area (Å²) >= 11 is 0. The van der Waals surface area contributed by atoms with Gasteiger partial charge in [-0.3, -0.25) is 25.2 Å². The summed E-state index contributed by atoms with van der Waals surface area (Å²) in [4.78, 5) is 37.4. The van der Waals surface area contributed by atoms with Gasteiger partial charge in [-0.15, -0.1) is 0 Å². The lowest BCUT2D eigenvalue weighted by molar-refractivity contribution is -0.127. The van der Waals surface area contributed by atoms with Crippen LogP contribution in [-0.4, -0.2) is 23.8 Å². The van der Waals surface area contributed by atoms with Crippen molar-refractivity contribution < 1.29 is 18.8 Å². The van der Waals surface area contributed by atoms with Crippen molar-refractivity contribution in [2.24, 2.45) is 11.8 Å². The lowest BCUT2D eigenvalue weighted by Gasteiger charge is -2.29. The Morgan fingerprint density at radius 3 is 2.38 bits per heavy atom. The van der Waals surface area contributed by atoms with Crippen molar-refractivity contribution in [3.8, 4) is 0 Å². The third kappa shape index (κ3) is 5.31. The summed E-state index contributed by atoms with van der Waals surface area (Å²) < 4.78 is 5.64. The second kappa shape index (κ2) is 10.2. The molecule has 0 aliphatic heterocycles. The lowest BCUT2D eigenvalue weighted by atomic mass is 9.84. The van der Waals surface area contributed by atoms with Crippen LogP contribution >= 0.6 is 0 Å². The third-order valence-electron chi connectivity index (χ3n) is 7.01. The van der Waals surface area contributed by atoms with E-state index in [9.17, 15) is 14.4 Å². The van der Waals surface area contributed by atoms with Gasteiger partial charge in [-0.1, -0.05) is 37.5 Å². The Hall–Kier alpha value is -2.83. The molecule has 0 saturated heterocycles. The summed E-state index contributed by atoms with van der Waals surface area (Å²) in [5.74, 6) is 0.0624. The quantitative estimate of drug-likeness (QED) is 0.609. The van der Waals surface area contributed by atoms with Gasteiger partial charge in [0.05, 0.1) is 0 Å². The Morgan fingerprint density at radius 1 is 0.938 bits per heavy atom. The number of amides is 3. The first-order chi connectivity index (χ1) is 15.5. The molecular weight excluding hydrogens is 406 g/mol. The van der Waals surface area contributed by atoms with Crippen molar-refractivity contribution in [2.45, 2.75) is 77.2 Å². The van der Waals surface area contributed by atoms with E-state index in [4.69, 9.17) is 4.42 Å². The van der Waals surface area contributed by atoms with Crippen molar-refractivity contribution in [1.82, 2.24) is 16.2 Å². The van der Waals surface area contributed by atoms with Gasteiger partial charge in [0.1, 0.15) is 5.58 Å². The maximum absolute atomic E-state index is 12.5. The zero-order chi connectivity index (χ0) is 22.5. The van der Waals surface area contributed by atoms with Crippen LogP contribution < -0.4 is 16.2 Å². The third-order valence-corrected chi connectivity index (χ3v) is 7.01. The minimum Gasteiger partial charge on any atom is -0.451 e. The SMILES string of the molecule is Cc1c(C(=O)NNC(=O)C2CCC(NC(=O)CC3CCCCC3)CC2)oc2ccccc12. The molecule has 0 atom stereocenters. The normalized spacial score (nSPS) is 21.8. The summed E-state index contributed by atoms with van der Waals surface area (Å²) in [6, 6.07) is 7.59. The second-order valence-electron chi connectivity index (χ2n) is 9.32. The van der Waals surface area contributed by atoms with Crippen LogP contribution in [0.1, 0.15) is 80.3 Å². The highest BCUT2D eigenvalue weighted by Gasteiger charge is 2.28. The van der Waals surface area contributed by atoms with E-state index in [-0.39, 0.29) is 29.5 Å². The molecule has 1 aromatic carbocycles. The number of hydrogen-bond acceptors (Lipinski definition) is 4. The summed E-state index contributed by atoms with van der Waals surface area (Å²) in [5, 5.41) is 4.05. The van der Waals surface area contributed by atoms with Crippen LogP contribution in [0.3, 0.4) is 0 Å². The highest BCUT2D eigenvalue weighted by atomic mass is 16.3. The minimum absolute atomic E-state index is 0.142. The number of hydrazine groups is 1. The molecule has 7 nitrogen and oxygen atoms in total. The van der Waals surface area contributed by atoms with Crippen LogP contribution in [0.25, 0.3) is 11.0 Å². The van der Waals surface area contributed by atoms with Crippen LogP contribution in [0, 0.1) is 18.8 Å². The van der Waals surface area contributed by atoms with Crippen LogP contribution in [0.15, 0.2) is 28.7 Å². The maximum Gasteiger partial charge on any atom is 0.305 e. The molecule has 2 aliphatic carbocycles. The molecule has 0 unspecified atom stereocenters. The molecule has 1 aromatic heterocycles. The van der Waals surface area contributed by atoms with E-state index in [0.29, 0.717) is 30.8 Å². The van der Waals surface area contributed by atoms with Gasteiger partial charge in [0.15, 0.2) is 5.76 Å². The summed E-state index contributed by atoms with van der Waals surface area (Å²) in [6.45, 7) is 1.83. The molecule has 2 saturated carbocycles. The number of para-hydroxylation sites is 1. The molecule has 0 radical (unpaired) electrons. The van der Waals surface area contributed by atoms with Gasteiger partial charge in [-0.2, -0.15) is 0 Å². The predicted molar refractivity (Wildman–Crippen MR) is 122 cm³/mol.